The molecule has 5 heteroatoms. The Balaban J connectivity index is 2.95. The van der Waals surface area contributed by atoms with Gasteiger partial charge in [-0.05, 0) is 69.1 Å². The molecule has 36 heavy (non-hydrogen) atoms. The minimum Gasteiger partial charge on any atom is -0.360 e. The molecule has 0 atom stereocenters. The van der Waals surface area contributed by atoms with Crippen molar-refractivity contribution in [3.8, 4) is 0 Å². The SMILES string of the molecule is CCN(CC)B(Cl)N(/C(=C/C(=Nc1c(C)cccc1C)C(C)(C)C)C(C)(C)C)c1c(C)cccc1C. The first-order valence-electron chi connectivity index (χ1n) is 13.2. The average molecular weight is 508 g/mol. The van der Waals surface area contributed by atoms with Gasteiger partial charge < -0.3 is 9.62 Å². The fourth-order valence-corrected chi connectivity index (χ4v) is 4.99. The maximum atomic E-state index is 7.37. The summed E-state index contributed by atoms with van der Waals surface area (Å²) in [5.41, 5.74) is 8.90. The number of hydrogen-bond donors (Lipinski definition) is 0. The molecule has 2 aromatic carbocycles. The van der Waals surface area contributed by atoms with Gasteiger partial charge in [-0.2, -0.15) is 0 Å². The molecule has 0 fully saturated rings. The summed E-state index contributed by atoms with van der Waals surface area (Å²) >= 11 is 7.37. The maximum absolute atomic E-state index is 7.37. The fraction of sp³-hybridized carbons (Fsp3) is 0.516. The minimum absolute atomic E-state index is 0.158. The first-order chi connectivity index (χ1) is 16.6. The third-order valence-electron chi connectivity index (χ3n) is 6.75. The van der Waals surface area contributed by atoms with E-state index in [1.54, 1.807) is 0 Å². The summed E-state index contributed by atoms with van der Waals surface area (Å²) in [4.78, 5) is 9.95. The number of allylic oxidation sites excluding steroid dienone is 2. The summed E-state index contributed by atoms with van der Waals surface area (Å²) in [6.45, 7) is 28.2. The normalized spacial score (nSPS) is 13.4. The van der Waals surface area contributed by atoms with Crippen molar-refractivity contribution < 1.29 is 0 Å². The Labute approximate surface area is 226 Å². The zero-order valence-electron chi connectivity index (χ0n) is 24.8. The second-order valence-electron chi connectivity index (χ2n) is 11.9. The molecule has 0 N–H and O–H groups in total. The second kappa shape index (κ2) is 12.0. The Morgan fingerprint density at radius 2 is 1.25 bits per heavy atom. The van der Waals surface area contributed by atoms with Crippen LogP contribution < -0.4 is 4.81 Å². The van der Waals surface area contributed by atoms with Gasteiger partial charge in [0.1, 0.15) is 0 Å². The van der Waals surface area contributed by atoms with Crippen LogP contribution in [0.5, 0.6) is 0 Å². The van der Waals surface area contributed by atoms with Gasteiger partial charge in [0.05, 0.1) is 5.69 Å². The molecule has 0 amide bonds. The molecule has 0 aliphatic heterocycles. The molecule has 0 radical (unpaired) electrons. The summed E-state index contributed by atoms with van der Waals surface area (Å²) in [6, 6.07) is 12.9. The molecular weight excluding hydrogens is 461 g/mol. The highest BCUT2D eigenvalue weighted by Crippen LogP contribution is 2.39. The Morgan fingerprint density at radius 1 is 0.806 bits per heavy atom. The van der Waals surface area contributed by atoms with Crippen LogP contribution in [0.25, 0.3) is 0 Å². The molecule has 0 aliphatic rings. The summed E-state index contributed by atoms with van der Waals surface area (Å²) < 4.78 is 0. The Kier molecular flexibility index (Phi) is 10.1. The molecule has 0 saturated heterocycles. The minimum atomic E-state index is -0.327. The summed E-state index contributed by atoms with van der Waals surface area (Å²) in [5.74, 6) is 0. The van der Waals surface area contributed by atoms with Gasteiger partial charge in [0.2, 0.25) is 0 Å². The zero-order chi connectivity index (χ0) is 27.4. The van der Waals surface area contributed by atoms with Crippen molar-refractivity contribution in [1.82, 2.24) is 4.81 Å². The highest BCUT2D eigenvalue weighted by atomic mass is 35.5. The van der Waals surface area contributed by atoms with Crippen molar-refractivity contribution in [1.29, 1.82) is 0 Å². The van der Waals surface area contributed by atoms with Gasteiger partial charge in [-0.15, -0.1) is 11.5 Å². The van der Waals surface area contributed by atoms with E-state index in [1.807, 2.05) is 0 Å². The number of aliphatic imine (C=N–C) groups is 1. The number of hydrogen-bond acceptors (Lipinski definition) is 3. The number of anilines is 1. The predicted molar refractivity (Wildman–Crippen MR) is 163 cm³/mol. The third-order valence-corrected chi connectivity index (χ3v) is 7.22. The van der Waals surface area contributed by atoms with Gasteiger partial charge in [-0.25, -0.2) is 0 Å². The number of rotatable bonds is 8. The monoisotopic (exact) mass is 507 g/mol. The van der Waals surface area contributed by atoms with Crippen molar-refractivity contribution >= 4 is 34.9 Å². The molecule has 0 aromatic heterocycles. The van der Waals surface area contributed by atoms with Crippen molar-refractivity contribution in [3.05, 3.63) is 70.4 Å². The lowest BCUT2D eigenvalue weighted by Gasteiger charge is -2.42. The number of nitrogens with zero attached hydrogens (tertiary/aromatic N) is 3. The molecular formula is C31H47BClN3. The predicted octanol–water partition coefficient (Wildman–Crippen LogP) is 9.04. The smallest absolute Gasteiger partial charge is 0.360 e. The van der Waals surface area contributed by atoms with E-state index in [-0.39, 0.29) is 17.2 Å². The Hall–Kier alpha value is -2.04. The number of aryl methyl sites for hydroxylation is 4. The lowest BCUT2D eigenvalue weighted by Crippen LogP contribution is -2.51. The van der Waals surface area contributed by atoms with Crippen LogP contribution >= 0.6 is 11.5 Å². The molecule has 0 unspecified atom stereocenters. The molecule has 0 aliphatic carbocycles. The van der Waals surface area contributed by atoms with Crippen molar-refractivity contribution in [2.75, 3.05) is 17.9 Å². The molecule has 2 rings (SSSR count). The second-order valence-corrected chi connectivity index (χ2v) is 12.3. The van der Waals surface area contributed by atoms with Crippen LogP contribution in [0.15, 0.2) is 53.2 Å². The van der Waals surface area contributed by atoms with E-state index >= 15 is 0 Å². The van der Waals surface area contributed by atoms with E-state index in [0.717, 1.165) is 30.2 Å². The van der Waals surface area contributed by atoms with Gasteiger partial charge in [0.25, 0.3) is 0 Å². The van der Waals surface area contributed by atoms with Crippen LogP contribution in [0.1, 0.15) is 77.6 Å². The zero-order valence-corrected chi connectivity index (χ0v) is 25.5. The fourth-order valence-electron chi connectivity index (χ4n) is 4.51. The van der Waals surface area contributed by atoms with Gasteiger partial charge in [-0.3, -0.25) is 4.99 Å². The van der Waals surface area contributed by atoms with Crippen LogP contribution in [0.3, 0.4) is 0 Å². The molecule has 196 valence electrons. The number of halogens is 1. The molecule has 0 heterocycles. The van der Waals surface area contributed by atoms with Crippen molar-refractivity contribution in [3.63, 3.8) is 0 Å². The summed E-state index contributed by atoms with van der Waals surface area (Å²) in [7, 11) is 0. The molecule has 0 saturated carbocycles. The third kappa shape index (κ3) is 7.04. The van der Waals surface area contributed by atoms with Crippen LogP contribution in [0.2, 0.25) is 0 Å². The number of benzene rings is 2. The van der Waals surface area contributed by atoms with E-state index in [4.69, 9.17) is 16.5 Å². The standard InChI is InChI=1S/C31H47BClN3/c1-13-35(14-2)32(33)36(29-24(5)19-16-20-25(29)6)27(31(10,11)12)21-26(30(7,8)9)34-28-22(3)17-15-18-23(28)4/h15-21H,13-14H2,1-12H3/b27-21+,34-26?. The van der Waals surface area contributed by atoms with Crippen molar-refractivity contribution in [2.45, 2.75) is 83.1 Å². The summed E-state index contributed by atoms with van der Waals surface area (Å²) in [5, 5.41) is 0. The molecule has 2 aromatic rings. The van der Waals surface area contributed by atoms with Gasteiger partial charge in [0.15, 0.2) is 0 Å². The van der Waals surface area contributed by atoms with E-state index in [0.29, 0.717) is 0 Å². The Morgan fingerprint density at radius 3 is 1.64 bits per heavy atom. The first-order valence-corrected chi connectivity index (χ1v) is 13.7. The highest BCUT2D eigenvalue weighted by molar-refractivity contribution is 7.07. The van der Waals surface area contributed by atoms with E-state index in [1.165, 1.54) is 27.9 Å². The highest BCUT2D eigenvalue weighted by Gasteiger charge is 2.37. The van der Waals surface area contributed by atoms with Crippen LogP contribution in [-0.4, -0.2) is 30.0 Å². The molecule has 0 bridgehead atoms. The lowest BCUT2D eigenvalue weighted by molar-refractivity contribution is 0.468. The maximum Gasteiger partial charge on any atom is 0.456 e. The topological polar surface area (TPSA) is 18.8 Å². The van der Waals surface area contributed by atoms with E-state index in [9.17, 15) is 0 Å². The number of para-hydroxylation sites is 2. The van der Waals surface area contributed by atoms with Gasteiger partial charge in [0, 0.05) is 27.9 Å². The Bertz CT molecular complexity index is 1060. The van der Waals surface area contributed by atoms with Gasteiger partial charge >= 0.3 is 6.40 Å². The van der Waals surface area contributed by atoms with Crippen LogP contribution in [0.4, 0.5) is 11.4 Å². The van der Waals surface area contributed by atoms with Crippen LogP contribution in [0, 0.1) is 38.5 Å². The van der Waals surface area contributed by atoms with Crippen LogP contribution in [-0.2, 0) is 0 Å². The average Bonchev–Trinajstić information content (AvgIpc) is 2.75. The first kappa shape index (κ1) is 30.2. The van der Waals surface area contributed by atoms with E-state index in [2.05, 4.69) is 135 Å². The summed E-state index contributed by atoms with van der Waals surface area (Å²) in [6.07, 6.45) is 1.98. The molecule has 0 spiro atoms. The largest absolute Gasteiger partial charge is 0.456 e. The molecule has 3 nitrogen and oxygen atoms in total. The lowest BCUT2D eigenvalue weighted by atomic mass is 9.81. The van der Waals surface area contributed by atoms with E-state index < -0.39 is 0 Å². The quantitative estimate of drug-likeness (QED) is 0.262. The van der Waals surface area contributed by atoms with Gasteiger partial charge in [-0.1, -0.05) is 91.8 Å². The van der Waals surface area contributed by atoms with Crippen molar-refractivity contribution in [2.24, 2.45) is 15.8 Å².